The molecule has 6 heteroatoms. The normalized spacial score (nSPS) is 13.4. The van der Waals surface area contributed by atoms with Gasteiger partial charge < -0.3 is 14.8 Å². The van der Waals surface area contributed by atoms with Crippen LogP contribution in [0, 0.1) is 0 Å². The molecule has 1 atom stereocenters. The lowest BCUT2D eigenvalue weighted by Gasteiger charge is -2.25. The smallest absolute Gasteiger partial charge is 0.310 e. The molecule has 21 heavy (non-hydrogen) atoms. The van der Waals surface area contributed by atoms with Crippen molar-refractivity contribution < 1.29 is 23.5 Å². The van der Waals surface area contributed by atoms with E-state index in [-0.39, 0.29) is 5.76 Å². The molecule has 5 nitrogen and oxygen atoms in total. The number of carboxylic acids is 1. The largest absolute Gasteiger partial charge is 0.481 e. The third kappa shape index (κ3) is 3.92. The van der Waals surface area contributed by atoms with Crippen molar-refractivity contribution in [2.75, 3.05) is 5.32 Å². The van der Waals surface area contributed by atoms with Gasteiger partial charge in [-0.2, -0.15) is 0 Å². The molecule has 0 aliphatic rings. The number of carbonyl (C=O) groups is 2. The molecule has 0 fully saturated rings. The molecule has 0 aliphatic heterocycles. The molecule has 2 aromatic rings. The summed E-state index contributed by atoms with van der Waals surface area (Å²) in [5, 5.41) is 11.2. The summed E-state index contributed by atoms with van der Waals surface area (Å²) in [5.41, 5.74) is 0.458. The topological polar surface area (TPSA) is 79.5 Å². The predicted molar refractivity (Wildman–Crippen MR) is 73.4 cm³/mol. The van der Waals surface area contributed by atoms with E-state index in [1.165, 1.54) is 18.4 Å². The van der Waals surface area contributed by atoms with Crippen LogP contribution in [0.4, 0.5) is 10.1 Å². The predicted octanol–water partition coefficient (Wildman–Crippen LogP) is 2.95. The monoisotopic (exact) mass is 291 g/mol. The number of anilines is 1. The first-order valence-electron chi connectivity index (χ1n) is 6.29. The number of hydrogen-bond acceptors (Lipinski definition) is 4. The van der Waals surface area contributed by atoms with E-state index in [0.29, 0.717) is 5.69 Å². The highest BCUT2D eigenvalue weighted by molar-refractivity contribution is 5.95. The van der Waals surface area contributed by atoms with Crippen LogP contribution in [0.15, 0.2) is 53.1 Å². The molecule has 0 amide bonds. The van der Waals surface area contributed by atoms with Crippen LogP contribution in [0.5, 0.6) is 0 Å². The van der Waals surface area contributed by atoms with Gasteiger partial charge in [-0.1, -0.05) is 18.2 Å². The van der Waals surface area contributed by atoms with E-state index in [4.69, 9.17) is 9.52 Å². The number of alkyl halides is 1. The molecule has 110 valence electrons. The molecule has 1 heterocycles. The average Bonchev–Trinajstić information content (AvgIpc) is 2.93. The lowest BCUT2D eigenvalue weighted by atomic mass is 10.0. The number of Topliss-reactive ketones (excluding diaryl/α,β-unsaturated/α-hetero) is 1. The highest BCUT2D eigenvalue weighted by atomic mass is 19.1. The SMILES string of the molecule is O=C(O)CC(=O)CC(F)(Nc1ccccc1)c1ccco1. The Bertz CT molecular complexity index is 612. The highest BCUT2D eigenvalue weighted by Crippen LogP contribution is 2.32. The molecule has 1 aromatic heterocycles. The minimum atomic E-state index is -2.29. The van der Waals surface area contributed by atoms with Gasteiger partial charge in [-0.15, -0.1) is 0 Å². The van der Waals surface area contributed by atoms with Gasteiger partial charge in [0.2, 0.25) is 5.79 Å². The molecular weight excluding hydrogens is 277 g/mol. The summed E-state index contributed by atoms with van der Waals surface area (Å²) in [7, 11) is 0. The number of nitrogens with one attached hydrogen (secondary N) is 1. The maximum Gasteiger partial charge on any atom is 0.310 e. The van der Waals surface area contributed by atoms with Gasteiger partial charge >= 0.3 is 5.97 Å². The van der Waals surface area contributed by atoms with E-state index >= 15 is 4.39 Å². The molecule has 0 spiro atoms. The number of rotatable bonds is 7. The van der Waals surface area contributed by atoms with Crippen LogP contribution in [0.3, 0.4) is 0 Å². The van der Waals surface area contributed by atoms with Crippen molar-refractivity contribution in [1.82, 2.24) is 0 Å². The number of furan rings is 1. The van der Waals surface area contributed by atoms with Gasteiger partial charge in [0.05, 0.1) is 12.7 Å². The van der Waals surface area contributed by atoms with Crippen LogP contribution in [-0.4, -0.2) is 16.9 Å². The number of hydrogen-bond donors (Lipinski definition) is 2. The zero-order valence-corrected chi connectivity index (χ0v) is 11.1. The lowest BCUT2D eigenvalue weighted by molar-refractivity contribution is -0.140. The molecule has 1 unspecified atom stereocenters. The van der Waals surface area contributed by atoms with Crippen LogP contribution in [0.2, 0.25) is 0 Å². The lowest BCUT2D eigenvalue weighted by Crippen LogP contribution is -2.33. The zero-order chi connectivity index (χ0) is 15.3. The average molecular weight is 291 g/mol. The molecule has 0 saturated heterocycles. The summed E-state index contributed by atoms with van der Waals surface area (Å²) in [6.45, 7) is 0. The van der Waals surface area contributed by atoms with Gasteiger partial charge in [0.1, 0.15) is 12.2 Å². The number of benzene rings is 1. The zero-order valence-electron chi connectivity index (χ0n) is 11.1. The van der Waals surface area contributed by atoms with Gasteiger partial charge in [0.15, 0.2) is 5.76 Å². The van der Waals surface area contributed by atoms with Crippen LogP contribution >= 0.6 is 0 Å². The molecule has 0 radical (unpaired) electrons. The number of aliphatic carboxylic acids is 1. The maximum atomic E-state index is 15.1. The van der Waals surface area contributed by atoms with Crippen molar-refractivity contribution >= 4 is 17.4 Å². The second kappa shape index (κ2) is 6.21. The standard InChI is InChI=1S/C15H14FNO4/c16-15(13-7-4-8-21-13,10-12(18)9-14(19)20)17-11-5-2-1-3-6-11/h1-8,17H,9-10H2,(H,19,20). The molecule has 0 aliphatic carbocycles. The minimum absolute atomic E-state index is 0.0786. The second-order valence-corrected chi connectivity index (χ2v) is 4.56. The Hall–Kier alpha value is -2.63. The van der Waals surface area contributed by atoms with Crippen LogP contribution < -0.4 is 5.32 Å². The second-order valence-electron chi connectivity index (χ2n) is 4.56. The summed E-state index contributed by atoms with van der Waals surface area (Å²) < 4.78 is 20.2. The quantitative estimate of drug-likeness (QED) is 0.605. The fourth-order valence-electron chi connectivity index (χ4n) is 1.95. The Labute approximate surface area is 120 Å². The Kier molecular flexibility index (Phi) is 4.37. The number of halogens is 1. The fourth-order valence-corrected chi connectivity index (χ4v) is 1.95. The fraction of sp³-hybridized carbons (Fsp3) is 0.200. The summed E-state index contributed by atoms with van der Waals surface area (Å²) >= 11 is 0. The maximum absolute atomic E-state index is 15.1. The van der Waals surface area contributed by atoms with E-state index < -0.39 is 30.4 Å². The summed E-state index contributed by atoms with van der Waals surface area (Å²) in [5.74, 6) is -4.39. The van der Waals surface area contributed by atoms with E-state index in [2.05, 4.69) is 5.32 Å². The molecule has 2 rings (SSSR count). The third-order valence-electron chi connectivity index (χ3n) is 2.82. The van der Waals surface area contributed by atoms with E-state index in [1.807, 2.05) is 0 Å². The third-order valence-corrected chi connectivity index (χ3v) is 2.82. The summed E-state index contributed by atoms with van der Waals surface area (Å²) in [4.78, 5) is 22.2. The van der Waals surface area contributed by atoms with Crippen molar-refractivity contribution in [2.24, 2.45) is 0 Å². The number of carbonyl (C=O) groups excluding carboxylic acids is 1. The molecule has 0 bridgehead atoms. The van der Waals surface area contributed by atoms with Gasteiger partial charge in [0, 0.05) is 5.69 Å². The molecule has 0 saturated carbocycles. The first-order valence-corrected chi connectivity index (χ1v) is 6.29. The Morgan fingerprint density at radius 2 is 1.90 bits per heavy atom. The van der Waals surface area contributed by atoms with Crippen molar-refractivity contribution in [2.45, 2.75) is 18.6 Å². The molecule has 2 N–H and O–H groups in total. The molecule has 1 aromatic carbocycles. The minimum Gasteiger partial charge on any atom is -0.481 e. The number of ketones is 1. The first kappa shape index (κ1) is 14.8. The van der Waals surface area contributed by atoms with E-state index in [9.17, 15) is 9.59 Å². The van der Waals surface area contributed by atoms with E-state index in [1.54, 1.807) is 30.3 Å². The number of carboxylic acid groups (broad SMARTS) is 1. The van der Waals surface area contributed by atoms with Crippen molar-refractivity contribution in [1.29, 1.82) is 0 Å². The highest BCUT2D eigenvalue weighted by Gasteiger charge is 2.37. The van der Waals surface area contributed by atoms with Crippen molar-refractivity contribution in [3.05, 3.63) is 54.5 Å². The van der Waals surface area contributed by atoms with Gasteiger partial charge in [-0.05, 0) is 24.3 Å². The van der Waals surface area contributed by atoms with E-state index in [0.717, 1.165) is 0 Å². The first-order chi connectivity index (χ1) is 9.99. The Balaban J connectivity index is 2.23. The summed E-state index contributed by atoms with van der Waals surface area (Å²) in [6.07, 6.45) is -0.0808. The van der Waals surface area contributed by atoms with Gasteiger partial charge in [-0.25, -0.2) is 4.39 Å². The van der Waals surface area contributed by atoms with Crippen molar-refractivity contribution in [3.8, 4) is 0 Å². The van der Waals surface area contributed by atoms with Crippen molar-refractivity contribution in [3.63, 3.8) is 0 Å². The van der Waals surface area contributed by atoms with Crippen LogP contribution in [0.25, 0.3) is 0 Å². The summed E-state index contributed by atoms with van der Waals surface area (Å²) in [6, 6.07) is 11.4. The van der Waals surface area contributed by atoms with Crippen LogP contribution in [0.1, 0.15) is 18.6 Å². The number of para-hydroxylation sites is 1. The Morgan fingerprint density at radius 3 is 2.48 bits per heavy atom. The Morgan fingerprint density at radius 1 is 1.19 bits per heavy atom. The van der Waals surface area contributed by atoms with Crippen LogP contribution in [-0.2, 0) is 15.4 Å². The van der Waals surface area contributed by atoms with Gasteiger partial charge in [-0.3, -0.25) is 9.59 Å². The van der Waals surface area contributed by atoms with Gasteiger partial charge in [0.25, 0.3) is 0 Å². The molecular formula is C15H14FNO4.